The molecule has 0 radical (unpaired) electrons. The van der Waals surface area contributed by atoms with Gasteiger partial charge in [0.05, 0.1) is 11.4 Å². The van der Waals surface area contributed by atoms with Crippen molar-refractivity contribution >= 4 is 53.1 Å². The molecule has 0 amide bonds. The molecule has 0 spiro atoms. The van der Waals surface area contributed by atoms with Crippen molar-refractivity contribution in [3.05, 3.63) is 181 Å². The number of benzene rings is 8. The highest BCUT2D eigenvalue weighted by Crippen LogP contribution is 2.52. The van der Waals surface area contributed by atoms with Gasteiger partial charge >= 0.3 is 0 Å². The van der Waals surface area contributed by atoms with Gasteiger partial charge in [-0.1, -0.05) is 153 Å². The van der Waals surface area contributed by atoms with Crippen LogP contribution < -0.4 is 0 Å². The second-order valence-electron chi connectivity index (χ2n) is 14.9. The van der Waals surface area contributed by atoms with Gasteiger partial charge in [-0.25, -0.2) is 9.97 Å². The Bertz CT molecular complexity index is 3130. The average Bonchev–Trinajstić information content (AvgIpc) is 3.71. The molecule has 0 bridgehead atoms. The van der Waals surface area contributed by atoms with Crippen LogP contribution in [0.5, 0.6) is 0 Å². The van der Waals surface area contributed by atoms with Crippen molar-refractivity contribution in [3.63, 3.8) is 0 Å². The van der Waals surface area contributed by atoms with Gasteiger partial charge in [-0.2, -0.15) is 0 Å². The fraction of sp³-hybridized carbons (Fsp3) is 0.0588. The van der Waals surface area contributed by atoms with E-state index in [1.54, 1.807) is 0 Å². The number of thiophene rings is 1. The standard InChI is InChI=1S/C51H34N2S/c1-51(2)44-28-33(21-23-39(44)42-25-20-31-12-6-7-15-36(31)49(42)51)35-26-27-43(38-17-9-8-16-37(35)38)50-52-45(32-13-4-3-5-14-32)30-46(53-50)34-22-24-41-40-18-10-11-19-47(40)54-48(41)29-34/h3-30H,1-2H3. The summed E-state index contributed by atoms with van der Waals surface area (Å²) in [7, 11) is 0. The Hall–Kier alpha value is -6.42. The maximum Gasteiger partial charge on any atom is 0.161 e. The molecule has 0 saturated carbocycles. The van der Waals surface area contributed by atoms with Crippen molar-refractivity contribution in [1.29, 1.82) is 0 Å². The first-order valence-electron chi connectivity index (χ1n) is 18.6. The third kappa shape index (κ3) is 4.72. The smallest absolute Gasteiger partial charge is 0.161 e. The van der Waals surface area contributed by atoms with Gasteiger partial charge in [-0.3, -0.25) is 0 Å². The number of rotatable bonds is 4. The zero-order chi connectivity index (χ0) is 36.0. The third-order valence-corrected chi connectivity index (χ3v) is 12.6. The lowest BCUT2D eigenvalue weighted by atomic mass is 9.79. The maximum atomic E-state index is 5.32. The maximum absolute atomic E-state index is 5.32. The molecule has 0 saturated heterocycles. The van der Waals surface area contributed by atoms with E-state index in [0.29, 0.717) is 0 Å². The summed E-state index contributed by atoms with van der Waals surface area (Å²) in [4.78, 5) is 10.6. The third-order valence-electron chi connectivity index (χ3n) is 11.5. The molecule has 10 aromatic rings. The van der Waals surface area contributed by atoms with E-state index in [4.69, 9.17) is 9.97 Å². The number of hydrogen-bond donors (Lipinski definition) is 0. The molecule has 1 aliphatic carbocycles. The van der Waals surface area contributed by atoms with Crippen LogP contribution in [-0.2, 0) is 5.41 Å². The topological polar surface area (TPSA) is 25.8 Å². The Labute approximate surface area is 318 Å². The molecule has 0 fully saturated rings. The van der Waals surface area contributed by atoms with E-state index in [9.17, 15) is 0 Å². The number of fused-ring (bicyclic) bond motifs is 9. The minimum absolute atomic E-state index is 0.127. The second-order valence-corrected chi connectivity index (χ2v) is 16.0. The van der Waals surface area contributed by atoms with E-state index >= 15 is 0 Å². The van der Waals surface area contributed by atoms with Crippen molar-refractivity contribution in [2.24, 2.45) is 0 Å². The number of nitrogens with zero attached hydrogens (tertiary/aromatic N) is 2. The molecule has 2 nitrogen and oxygen atoms in total. The summed E-state index contributed by atoms with van der Waals surface area (Å²) >= 11 is 1.83. The van der Waals surface area contributed by atoms with Crippen molar-refractivity contribution in [3.8, 4) is 56.2 Å². The van der Waals surface area contributed by atoms with Crippen LogP contribution >= 0.6 is 11.3 Å². The van der Waals surface area contributed by atoms with E-state index in [-0.39, 0.29) is 5.41 Å². The molecular formula is C51H34N2S. The first kappa shape index (κ1) is 31.1. The zero-order valence-corrected chi connectivity index (χ0v) is 30.8. The normalized spacial score (nSPS) is 13.1. The predicted molar refractivity (Wildman–Crippen MR) is 229 cm³/mol. The molecule has 2 heterocycles. The summed E-state index contributed by atoms with van der Waals surface area (Å²) < 4.78 is 2.56. The monoisotopic (exact) mass is 706 g/mol. The van der Waals surface area contributed by atoms with Gasteiger partial charge in [0.1, 0.15) is 0 Å². The minimum atomic E-state index is -0.127. The van der Waals surface area contributed by atoms with Crippen molar-refractivity contribution < 1.29 is 0 Å². The fourth-order valence-corrected chi connectivity index (χ4v) is 10.0. The van der Waals surface area contributed by atoms with Gasteiger partial charge in [0.15, 0.2) is 5.82 Å². The molecule has 11 rings (SSSR count). The van der Waals surface area contributed by atoms with Gasteiger partial charge in [0.25, 0.3) is 0 Å². The number of aromatic nitrogens is 2. The summed E-state index contributed by atoms with van der Waals surface area (Å²) in [6.07, 6.45) is 0. The quantitative estimate of drug-likeness (QED) is 0.182. The largest absolute Gasteiger partial charge is 0.228 e. The van der Waals surface area contributed by atoms with E-state index in [0.717, 1.165) is 39.3 Å². The van der Waals surface area contributed by atoms with Gasteiger partial charge in [0.2, 0.25) is 0 Å². The first-order valence-corrected chi connectivity index (χ1v) is 19.4. The lowest BCUT2D eigenvalue weighted by Crippen LogP contribution is -2.15. The van der Waals surface area contributed by atoms with E-state index in [1.807, 2.05) is 11.3 Å². The van der Waals surface area contributed by atoms with Gasteiger partial charge in [0, 0.05) is 42.3 Å². The Balaban J connectivity index is 1.06. The van der Waals surface area contributed by atoms with Crippen LogP contribution in [0.15, 0.2) is 170 Å². The Morgan fingerprint density at radius 3 is 1.85 bits per heavy atom. The van der Waals surface area contributed by atoms with Gasteiger partial charge < -0.3 is 0 Å². The molecule has 2 aromatic heterocycles. The second kappa shape index (κ2) is 11.8. The highest BCUT2D eigenvalue weighted by molar-refractivity contribution is 7.25. The lowest BCUT2D eigenvalue weighted by Gasteiger charge is -2.24. The summed E-state index contributed by atoms with van der Waals surface area (Å²) in [5, 5.41) is 7.55. The molecule has 0 N–H and O–H groups in total. The SMILES string of the molecule is CC1(C)c2cc(-c3ccc(-c4nc(-c5ccccc5)cc(-c5ccc6c(c5)sc5ccccc56)n4)c4ccccc34)ccc2-c2ccc3ccccc3c21. The van der Waals surface area contributed by atoms with Gasteiger partial charge in [-0.15, -0.1) is 11.3 Å². The molecule has 3 heteroatoms. The zero-order valence-electron chi connectivity index (χ0n) is 30.0. The van der Waals surface area contributed by atoms with Crippen molar-refractivity contribution in [2.45, 2.75) is 19.3 Å². The van der Waals surface area contributed by atoms with Gasteiger partial charge in [-0.05, 0) is 85.3 Å². The Morgan fingerprint density at radius 2 is 1.02 bits per heavy atom. The molecule has 254 valence electrons. The molecule has 8 aromatic carbocycles. The summed E-state index contributed by atoms with van der Waals surface area (Å²) in [5.74, 6) is 0.725. The molecule has 0 aliphatic heterocycles. The summed E-state index contributed by atoms with van der Waals surface area (Å²) in [5.41, 5.74) is 12.8. The van der Waals surface area contributed by atoms with Crippen LogP contribution in [0.4, 0.5) is 0 Å². The predicted octanol–water partition coefficient (Wildman–Crippen LogP) is 14.1. The van der Waals surface area contributed by atoms with Crippen LogP contribution in [0.2, 0.25) is 0 Å². The average molecular weight is 707 g/mol. The molecule has 54 heavy (non-hydrogen) atoms. The highest BCUT2D eigenvalue weighted by Gasteiger charge is 2.37. The van der Waals surface area contributed by atoms with E-state index in [1.165, 1.54) is 69.7 Å². The molecule has 1 aliphatic rings. The van der Waals surface area contributed by atoms with E-state index < -0.39 is 0 Å². The molecular weight excluding hydrogens is 673 g/mol. The fourth-order valence-electron chi connectivity index (χ4n) is 8.87. The van der Waals surface area contributed by atoms with Crippen molar-refractivity contribution in [2.75, 3.05) is 0 Å². The Morgan fingerprint density at radius 1 is 0.407 bits per heavy atom. The summed E-state index contributed by atoms with van der Waals surface area (Å²) in [6.45, 7) is 4.75. The minimum Gasteiger partial charge on any atom is -0.228 e. The lowest BCUT2D eigenvalue weighted by molar-refractivity contribution is 0.666. The Kier molecular flexibility index (Phi) is 6.80. The van der Waals surface area contributed by atoms with Crippen LogP contribution in [0.1, 0.15) is 25.0 Å². The van der Waals surface area contributed by atoms with Crippen LogP contribution in [0.25, 0.3) is 97.9 Å². The number of hydrogen-bond acceptors (Lipinski definition) is 3. The van der Waals surface area contributed by atoms with Crippen LogP contribution in [0.3, 0.4) is 0 Å². The molecule has 0 unspecified atom stereocenters. The van der Waals surface area contributed by atoms with Crippen LogP contribution in [0, 0.1) is 0 Å². The van der Waals surface area contributed by atoms with Crippen molar-refractivity contribution in [1.82, 2.24) is 9.97 Å². The first-order chi connectivity index (χ1) is 26.5. The van der Waals surface area contributed by atoms with E-state index in [2.05, 4.69) is 184 Å². The summed E-state index contributed by atoms with van der Waals surface area (Å²) in [6, 6.07) is 61.6. The highest BCUT2D eigenvalue weighted by atomic mass is 32.1. The van der Waals surface area contributed by atoms with Crippen LogP contribution in [-0.4, -0.2) is 9.97 Å². The molecule has 0 atom stereocenters.